The van der Waals surface area contributed by atoms with Gasteiger partial charge in [-0.3, -0.25) is 9.78 Å². The highest BCUT2D eigenvalue weighted by atomic mass is 16.5. The topological polar surface area (TPSA) is 68.3 Å². The monoisotopic (exact) mass is 374 g/mol. The van der Waals surface area contributed by atoms with Crippen molar-refractivity contribution in [3.63, 3.8) is 0 Å². The van der Waals surface area contributed by atoms with E-state index in [-0.39, 0.29) is 18.6 Å². The van der Waals surface area contributed by atoms with Gasteiger partial charge in [0.25, 0.3) is 5.91 Å². The predicted molar refractivity (Wildman–Crippen MR) is 107 cm³/mol. The van der Waals surface area contributed by atoms with Gasteiger partial charge in [-0.15, -0.1) is 0 Å². The zero-order valence-corrected chi connectivity index (χ0v) is 15.8. The Morgan fingerprint density at radius 2 is 1.93 bits per heavy atom. The van der Waals surface area contributed by atoms with Crippen molar-refractivity contribution < 1.29 is 14.3 Å². The first-order valence-electron chi connectivity index (χ1n) is 9.52. The zero-order valence-electron chi connectivity index (χ0n) is 15.8. The molecule has 2 aromatic carbocycles. The zero-order chi connectivity index (χ0) is 19.5. The smallest absolute Gasteiger partial charge is 0.339 e. The van der Waals surface area contributed by atoms with E-state index in [0.29, 0.717) is 5.56 Å². The molecule has 1 amide bonds. The minimum absolute atomic E-state index is 0.0276. The Labute approximate surface area is 163 Å². The Balaban J connectivity index is 1.43. The predicted octanol–water partition coefficient (Wildman–Crippen LogP) is 3.89. The first-order valence-corrected chi connectivity index (χ1v) is 9.52. The largest absolute Gasteiger partial charge is 0.452 e. The van der Waals surface area contributed by atoms with Crippen LogP contribution in [0.4, 0.5) is 0 Å². The van der Waals surface area contributed by atoms with Crippen molar-refractivity contribution in [2.45, 2.75) is 32.2 Å². The Hall–Kier alpha value is -3.21. The van der Waals surface area contributed by atoms with Crippen molar-refractivity contribution in [3.05, 3.63) is 77.0 Å². The van der Waals surface area contributed by atoms with Gasteiger partial charge >= 0.3 is 5.97 Å². The molecule has 28 heavy (non-hydrogen) atoms. The van der Waals surface area contributed by atoms with Gasteiger partial charge in [0, 0.05) is 11.1 Å². The van der Waals surface area contributed by atoms with Crippen LogP contribution in [0.15, 0.2) is 54.6 Å². The summed E-state index contributed by atoms with van der Waals surface area (Å²) in [6.45, 7) is 1.53. The number of carbonyl (C=O) groups excluding carboxylic acids is 2. The number of hydrogen-bond donors (Lipinski definition) is 1. The molecule has 0 aliphatic heterocycles. The molecular formula is C23H22N2O3. The molecule has 1 heterocycles. The summed E-state index contributed by atoms with van der Waals surface area (Å²) in [5.74, 6) is -0.800. The van der Waals surface area contributed by atoms with Crippen LogP contribution >= 0.6 is 0 Å². The summed E-state index contributed by atoms with van der Waals surface area (Å²) in [6.07, 6.45) is 2.96. The normalized spacial score (nSPS) is 15.7. The van der Waals surface area contributed by atoms with Crippen LogP contribution in [0.5, 0.6) is 0 Å². The third-order valence-corrected chi connectivity index (χ3v) is 5.10. The first-order chi connectivity index (χ1) is 13.6. The minimum Gasteiger partial charge on any atom is -0.452 e. The number of rotatable bonds is 4. The minimum atomic E-state index is -0.513. The van der Waals surface area contributed by atoms with Gasteiger partial charge < -0.3 is 10.1 Å². The van der Waals surface area contributed by atoms with E-state index in [0.717, 1.165) is 41.4 Å². The van der Waals surface area contributed by atoms with Crippen LogP contribution in [0.25, 0.3) is 10.9 Å². The fourth-order valence-electron chi connectivity index (χ4n) is 3.83. The highest BCUT2D eigenvalue weighted by Crippen LogP contribution is 2.29. The van der Waals surface area contributed by atoms with E-state index < -0.39 is 5.97 Å². The van der Waals surface area contributed by atoms with E-state index in [1.165, 1.54) is 5.56 Å². The molecule has 1 aliphatic carbocycles. The molecular weight excluding hydrogens is 352 g/mol. The average molecular weight is 374 g/mol. The summed E-state index contributed by atoms with van der Waals surface area (Å²) in [7, 11) is 0. The lowest BCUT2D eigenvalue weighted by atomic mass is 9.88. The van der Waals surface area contributed by atoms with Crippen LogP contribution < -0.4 is 5.32 Å². The number of esters is 1. The van der Waals surface area contributed by atoms with Crippen LogP contribution in [0, 0.1) is 6.92 Å². The van der Waals surface area contributed by atoms with Crippen molar-refractivity contribution in [1.82, 2.24) is 10.3 Å². The number of ether oxygens (including phenoxy) is 1. The van der Waals surface area contributed by atoms with Crippen molar-refractivity contribution in [3.8, 4) is 0 Å². The van der Waals surface area contributed by atoms with Gasteiger partial charge in [-0.25, -0.2) is 4.79 Å². The summed E-state index contributed by atoms with van der Waals surface area (Å²) < 4.78 is 5.30. The van der Waals surface area contributed by atoms with E-state index in [1.807, 2.05) is 43.3 Å². The second kappa shape index (κ2) is 7.80. The highest BCUT2D eigenvalue weighted by molar-refractivity contribution is 6.04. The molecule has 0 saturated heterocycles. The molecule has 5 heteroatoms. The summed E-state index contributed by atoms with van der Waals surface area (Å²) in [5, 5.41) is 3.72. The lowest BCUT2D eigenvalue weighted by Crippen LogP contribution is -2.34. The lowest BCUT2D eigenvalue weighted by molar-refractivity contribution is -0.125. The number of amides is 1. The molecule has 3 aromatic rings. The number of aromatic nitrogens is 1. The summed E-state index contributed by atoms with van der Waals surface area (Å²) in [4.78, 5) is 29.4. The van der Waals surface area contributed by atoms with Gasteiger partial charge in [-0.05, 0) is 49.4 Å². The summed E-state index contributed by atoms with van der Waals surface area (Å²) in [5.41, 5.74) is 4.32. The van der Waals surface area contributed by atoms with Crippen molar-refractivity contribution in [1.29, 1.82) is 0 Å². The quantitative estimate of drug-likeness (QED) is 0.704. The SMILES string of the molecule is Cc1cc(C(=O)OCC(=O)NC2CCCc3ccccc32)c2ccccc2n1. The maximum absolute atomic E-state index is 12.6. The maximum Gasteiger partial charge on any atom is 0.339 e. The molecule has 0 radical (unpaired) electrons. The number of para-hydroxylation sites is 1. The van der Waals surface area contributed by atoms with Crippen LogP contribution in [0.1, 0.15) is 46.1 Å². The Morgan fingerprint density at radius 1 is 1.14 bits per heavy atom. The molecule has 142 valence electrons. The van der Waals surface area contributed by atoms with E-state index in [2.05, 4.69) is 22.4 Å². The molecule has 1 N–H and O–H groups in total. The average Bonchev–Trinajstić information content (AvgIpc) is 2.71. The standard InChI is InChI=1S/C23H22N2O3/c1-15-13-19(18-10-4-5-11-21(18)24-15)23(27)28-14-22(26)25-20-12-6-8-16-7-2-3-9-17(16)20/h2-5,7,9-11,13,20H,6,8,12,14H2,1H3,(H,25,26). The molecule has 5 nitrogen and oxygen atoms in total. The molecule has 1 unspecified atom stereocenters. The maximum atomic E-state index is 12.6. The number of carbonyl (C=O) groups is 2. The molecule has 1 aromatic heterocycles. The van der Waals surface area contributed by atoms with Gasteiger partial charge in [-0.2, -0.15) is 0 Å². The van der Waals surface area contributed by atoms with Crippen LogP contribution in [-0.4, -0.2) is 23.5 Å². The Bertz CT molecular complexity index is 1040. The van der Waals surface area contributed by atoms with Crippen LogP contribution in [-0.2, 0) is 16.0 Å². The van der Waals surface area contributed by atoms with Crippen molar-refractivity contribution in [2.24, 2.45) is 0 Å². The van der Waals surface area contributed by atoms with Gasteiger partial charge in [-0.1, -0.05) is 42.5 Å². The highest BCUT2D eigenvalue weighted by Gasteiger charge is 2.22. The Kier molecular flexibility index (Phi) is 5.06. The lowest BCUT2D eigenvalue weighted by Gasteiger charge is -2.26. The number of fused-ring (bicyclic) bond motifs is 2. The number of aryl methyl sites for hydroxylation is 2. The van der Waals surface area contributed by atoms with E-state index in [9.17, 15) is 9.59 Å². The molecule has 1 aliphatic rings. The van der Waals surface area contributed by atoms with E-state index in [1.54, 1.807) is 6.07 Å². The van der Waals surface area contributed by atoms with Crippen molar-refractivity contribution >= 4 is 22.8 Å². The van der Waals surface area contributed by atoms with Gasteiger partial charge in [0.15, 0.2) is 6.61 Å². The molecule has 4 rings (SSSR count). The van der Waals surface area contributed by atoms with Crippen LogP contribution in [0.2, 0.25) is 0 Å². The number of pyridine rings is 1. The molecule has 0 bridgehead atoms. The number of nitrogens with zero attached hydrogens (tertiary/aromatic N) is 1. The first kappa shape index (κ1) is 18.2. The second-order valence-electron chi connectivity index (χ2n) is 7.12. The van der Waals surface area contributed by atoms with E-state index in [4.69, 9.17) is 4.74 Å². The Morgan fingerprint density at radius 3 is 2.82 bits per heavy atom. The molecule has 0 spiro atoms. The van der Waals surface area contributed by atoms with Crippen molar-refractivity contribution in [2.75, 3.05) is 6.61 Å². The molecule has 0 fully saturated rings. The summed E-state index contributed by atoms with van der Waals surface area (Å²) >= 11 is 0. The third-order valence-electron chi connectivity index (χ3n) is 5.10. The number of benzene rings is 2. The van der Waals surface area contributed by atoms with Gasteiger partial charge in [0.1, 0.15) is 0 Å². The summed E-state index contributed by atoms with van der Waals surface area (Å²) in [6, 6.07) is 17.2. The van der Waals surface area contributed by atoms with Gasteiger partial charge in [0.2, 0.25) is 0 Å². The van der Waals surface area contributed by atoms with E-state index >= 15 is 0 Å². The van der Waals surface area contributed by atoms with Crippen LogP contribution in [0.3, 0.4) is 0 Å². The fourth-order valence-corrected chi connectivity index (χ4v) is 3.83. The second-order valence-corrected chi connectivity index (χ2v) is 7.12. The van der Waals surface area contributed by atoms with Gasteiger partial charge in [0.05, 0.1) is 17.1 Å². The third kappa shape index (κ3) is 3.74. The molecule has 1 atom stereocenters. The number of nitrogens with one attached hydrogen (secondary N) is 1. The fraction of sp³-hybridized carbons (Fsp3) is 0.261. The molecule has 0 saturated carbocycles. The number of hydrogen-bond acceptors (Lipinski definition) is 4.